The highest BCUT2D eigenvalue weighted by Crippen LogP contribution is 2.05. The van der Waals surface area contributed by atoms with Gasteiger partial charge in [0.2, 0.25) is 0 Å². The van der Waals surface area contributed by atoms with Gasteiger partial charge in [-0.2, -0.15) is 0 Å². The first kappa shape index (κ1) is 8.70. The van der Waals surface area contributed by atoms with E-state index in [1.165, 1.54) is 6.42 Å². The highest BCUT2D eigenvalue weighted by molar-refractivity contribution is 4.80. The molecule has 0 fully saturated rings. The predicted molar refractivity (Wildman–Crippen MR) is 42.3 cm³/mol. The van der Waals surface area contributed by atoms with Gasteiger partial charge >= 0.3 is 0 Å². The Kier molecular flexibility index (Phi) is 5.64. The van der Waals surface area contributed by atoms with Crippen molar-refractivity contribution < 1.29 is 0 Å². The zero-order valence-electron chi connectivity index (χ0n) is 6.43. The summed E-state index contributed by atoms with van der Waals surface area (Å²) < 4.78 is 0. The first-order valence-electron chi connectivity index (χ1n) is 3.66. The summed E-state index contributed by atoms with van der Waals surface area (Å²) in [5.74, 6) is 0.696. The third-order valence-electron chi connectivity index (χ3n) is 1.62. The summed E-state index contributed by atoms with van der Waals surface area (Å²) in [7, 11) is 0. The molecule has 0 saturated carbocycles. The number of allylic oxidation sites excluding steroid dienone is 2. The van der Waals surface area contributed by atoms with Crippen LogP contribution in [0.25, 0.3) is 0 Å². The molecule has 1 heteroatoms. The molecule has 1 unspecified atom stereocenters. The van der Waals surface area contributed by atoms with Crippen molar-refractivity contribution in [3.05, 3.63) is 12.2 Å². The van der Waals surface area contributed by atoms with Crippen LogP contribution in [0.2, 0.25) is 0 Å². The average molecular weight is 127 g/mol. The maximum atomic E-state index is 5.49. The fraction of sp³-hybridized carbons (Fsp3) is 0.750. The quantitative estimate of drug-likeness (QED) is 0.574. The Labute approximate surface area is 57.9 Å². The molecular weight excluding hydrogens is 110 g/mol. The van der Waals surface area contributed by atoms with Gasteiger partial charge in [-0.3, -0.25) is 0 Å². The lowest BCUT2D eigenvalue weighted by Gasteiger charge is -2.06. The van der Waals surface area contributed by atoms with Crippen molar-refractivity contribution >= 4 is 0 Å². The molecule has 0 bridgehead atoms. The lowest BCUT2D eigenvalue weighted by Crippen LogP contribution is -2.12. The smallest absolute Gasteiger partial charge is 0.00460 e. The molecule has 0 aliphatic rings. The van der Waals surface area contributed by atoms with Crippen LogP contribution in [0.3, 0.4) is 0 Å². The summed E-state index contributed by atoms with van der Waals surface area (Å²) in [5, 5.41) is 0. The summed E-state index contributed by atoms with van der Waals surface area (Å²) in [4.78, 5) is 0. The zero-order valence-corrected chi connectivity index (χ0v) is 6.43. The Hall–Kier alpha value is -0.300. The summed E-state index contributed by atoms with van der Waals surface area (Å²) in [5.41, 5.74) is 5.49. The highest BCUT2D eigenvalue weighted by Gasteiger charge is 1.98. The van der Waals surface area contributed by atoms with Crippen LogP contribution in [0.15, 0.2) is 12.2 Å². The van der Waals surface area contributed by atoms with Gasteiger partial charge in [0.05, 0.1) is 0 Å². The van der Waals surface area contributed by atoms with Crippen molar-refractivity contribution in [1.82, 2.24) is 0 Å². The third kappa shape index (κ3) is 4.22. The molecular formula is C8H17N. The topological polar surface area (TPSA) is 26.0 Å². The lowest BCUT2D eigenvalue weighted by molar-refractivity contribution is 0.528. The zero-order chi connectivity index (χ0) is 7.11. The van der Waals surface area contributed by atoms with E-state index < -0.39 is 0 Å². The molecule has 0 radical (unpaired) electrons. The van der Waals surface area contributed by atoms with Crippen molar-refractivity contribution in [2.45, 2.75) is 26.7 Å². The van der Waals surface area contributed by atoms with Gasteiger partial charge in [0.25, 0.3) is 0 Å². The summed E-state index contributed by atoms with van der Waals surface area (Å²) in [6.07, 6.45) is 6.60. The van der Waals surface area contributed by atoms with Gasteiger partial charge in [-0.25, -0.2) is 0 Å². The van der Waals surface area contributed by atoms with Crippen molar-refractivity contribution in [3.8, 4) is 0 Å². The molecule has 0 amide bonds. The third-order valence-corrected chi connectivity index (χ3v) is 1.62. The number of hydrogen-bond donors (Lipinski definition) is 1. The van der Waals surface area contributed by atoms with E-state index in [4.69, 9.17) is 5.73 Å². The van der Waals surface area contributed by atoms with Crippen molar-refractivity contribution in [2.24, 2.45) is 11.7 Å². The SMILES string of the molecule is C/C=C\CC(CC)CN. The number of nitrogens with two attached hydrogens (primary N) is 1. The van der Waals surface area contributed by atoms with Gasteiger partial charge in [0, 0.05) is 0 Å². The molecule has 0 aromatic rings. The maximum absolute atomic E-state index is 5.49. The molecule has 0 aliphatic carbocycles. The van der Waals surface area contributed by atoms with Crippen LogP contribution in [0.4, 0.5) is 0 Å². The molecule has 0 aromatic carbocycles. The van der Waals surface area contributed by atoms with Crippen molar-refractivity contribution in [2.75, 3.05) is 6.54 Å². The normalized spacial score (nSPS) is 14.6. The van der Waals surface area contributed by atoms with Crippen LogP contribution in [-0.4, -0.2) is 6.54 Å². The Balaban J connectivity index is 3.31. The van der Waals surface area contributed by atoms with Crippen LogP contribution < -0.4 is 5.73 Å². The molecule has 2 N–H and O–H groups in total. The Morgan fingerprint density at radius 2 is 2.22 bits per heavy atom. The number of hydrogen-bond acceptors (Lipinski definition) is 1. The monoisotopic (exact) mass is 127 g/mol. The summed E-state index contributed by atoms with van der Waals surface area (Å²) in [6.45, 7) is 5.05. The Bertz CT molecular complexity index is 72.6. The second-order valence-corrected chi connectivity index (χ2v) is 2.31. The minimum absolute atomic E-state index is 0.696. The van der Waals surface area contributed by atoms with E-state index in [9.17, 15) is 0 Å². The summed E-state index contributed by atoms with van der Waals surface area (Å²) >= 11 is 0. The molecule has 1 nitrogen and oxygen atoms in total. The standard InChI is InChI=1S/C8H17N/c1-3-5-6-8(4-2)7-9/h3,5,8H,4,6-7,9H2,1-2H3/b5-3-. The van der Waals surface area contributed by atoms with E-state index in [1.54, 1.807) is 0 Å². The van der Waals surface area contributed by atoms with E-state index in [2.05, 4.69) is 19.1 Å². The van der Waals surface area contributed by atoms with Gasteiger partial charge in [0.15, 0.2) is 0 Å². The van der Waals surface area contributed by atoms with Crippen LogP contribution in [0, 0.1) is 5.92 Å². The van der Waals surface area contributed by atoms with Gasteiger partial charge in [-0.05, 0) is 25.8 Å². The predicted octanol–water partition coefficient (Wildman–Crippen LogP) is 1.94. The minimum atomic E-state index is 0.696. The molecule has 0 heterocycles. The molecule has 9 heavy (non-hydrogen) atoms. The molecule has 54 valence electrons. The average Bonchev–Trinajstić information content (AvgIpc) is 1.91. The minimum Gasteiger partial charge on any atom is -0.330 e. The largest absolute Gasteiger partial charge is 0.330 e. The van der Waals surface area contributed by atoms with Gasteiger partial charge in [0.1, 0.15) is 0 Å². The van der Waals surface area contributed by atoms with E-state index in [1.807, 2.05) is 6.92 Å². The highest BCUT2D eigenvalue weighted by atomic mass is 14.5. The van der Waals surface area contributed by atoms with E-state index >= 15 is 0 Å². The second kappa shape index (κ2) is 5.83. The lowest BCUT2D eigenvalue weighted by atomic mass is 10.0. The van der Waals surface area contributed by atoms with Crippen LogP contribution in [-0.2, 0) is 0 Å². The molecule has 0 rings (SSSR count). The van der Waals surface area contributed by atoms with Crippen LogP contribution in [0.1, 0.15) is 26.7 Å². The maximum Gasteiger partial charge on any atom is -0.00460 e. The van der Waals surface area contributed by atoms with Crippen molar-refractivity contribution in [3.63, 3.8) is 0 Å². The summed E-state index contributed by atoms with van der Waals surface area (Å²) in [6, 6.07) is 0. The van der Waals surface area contributed by atoms with Gasteiger partial charge in [-0.1, -0.05) is 25.5 Å². The molecule has 0 saturated heterocycles. The van der Waals surface area contributed by atoms with Gasteiger partial charge < -0.3 is 5.73 Å². The van der Waals surface area contributed by atoms with Crippen molar-refractivity contribution in [1.29, 1.82) is 0 Å². The first-order chi connectivity index (χ1) is 4.35. The van der Waals surface area contributed by atoms with Crippen LogP contribution >= 0.6 is 0 Å². The number of rotatable bonds is 4. The van der Waals surface area contributed by atoms with E-state index in [-0.39, 0.29) is 0 Å². The van der Waals surface area contributed by atoms with Gasteiger partial charge in [-0.15, -0.1) is 0 Å². The Morgan fingerprint density at radius 1 is 1.56 bits per heavy atom. The second-order valence-electron chi connectivity index (χ2n) is 2.31. The molecule has 1 atom stereocenters. The Morgan fingerprint density at radius 3 is 2.56 bits per heavy atom. The molecule has 0 aromatic heterocycles. The van der Waals surface area contributed by atoms with Crippen LogP contribution in [0.5, 0.6) is 0 Å². The first-order valence-corrected chi connectivity index (χ1v) is 3.66. The van der Waals surface area contributed by atoms with E-state index in [0.29, 0.717) is 5.92 Å². The fourth-order valence-electron chi connectivity index (χ4n) is 0.758. The molecule has 0 aliphatic heterocycles. The molecule has 0 spiro atoms. The van der Waals surface area contributed by atoms with E-state index in [0.717, 1.165) is 13.0 Å². The fourth-order valence-corrected chi connectivity index (χ4v) is 0.758.